The second kappa shape index (κ2) is 7.06. The summed E-state index contributed by atoms with van der Waals surface area (Å²) in [4.78, 5) is 0.848. The molecular weight excluding hydrogens is 364 g/mol. The van der Waals surface area contributed by atoms with E-state index in [1.54, 1.807) is 7.11 Å². The zero-order valence-corrected chi connectivity index (χ0v) is 17.5. The summed E-state index contributed by atoms with van der Waals surface area (Å²) < 4.78 is 18.9. The third-order valence-electron chi connectivity index (χ3n) is 5.01. The molecule has 0 radical (unpaired) electrons. The number of rotatable bonds is 3. The summed E-state index contributed by atoms with van der Waals surface area (Å²) in [7, 11) is 0.516. The topological polar surface area (TPSA) is 26.3 Å². The Bertz CT molecular complexity index is 1200. The molecule has 0 spiro atoms. The SMILES string of the molecule is COc1ccc2ccccc2c1-c1c(S(=O)C(C)(C)C)ccc2ccccc12. The fourth-order valence-electron chi connectivity index (χ4n) is 3.67. The van der Waals surface area contributed by atoms with Gasteiger partial charge in [0.05, 0.1) is 17.9 Å². The average Bonchev–Trinajstić information content (AvgIpc) is 2.71. The van der Waals surface area contributed by atoms with Gasteiger partial charge in [0.2, 0.25) is 0 Å². The van der Waals surface area contributed by atoms with Crippen molar-refractivity contribution in [3.05, 3.63) is 72.8 Å². The molecule has 0 saturated carbocycles. The van der Waals surface area contributed by atoms with Crippen LogP contribution >= 0.6 is 0 Å². The van der Waals surface area contributed by atoms with Gasteiger partial charge in [-0.3, -0.25) is 4.21 Å². The molecule has 3 heteroatoms. The number of ether oxygens (including phenoxy) is 1. The number of hydrogen-bond donors (Lipinski definition) is 0. The molecule has 4 aromatic carbocycles. The maximum absolute atomic E-state index is 13.5. The Morgan fingerprint density at radius 1 is 0.714 bits per heavy atom. The van der Waals surface area contributed by atoms with Gasteiger partial charge in [-0.05, 0) is 54.4 Å². The van der Waals surface area contributed by atoms with E-state index in [-0.39, 0.29) is 4.75 Å². The highest BCUT2D eigenvalue weighted by Crippen LogP contribution is 2.44. The molecule has 4 aromatic rings. The highest BCUT2D eigenvalue weighted by Gasteiger charge is 2.27. The molecular formula is C25H24O2S. The quantitative estimate of drug-likeness (QED) is 0.396. The summed E-state index contributed by atoms with van der Waals surface area (Å²) in [6.07, 6.45) is 0. The predicted octanol–water partition coefficient (Wildman–Crippen LogP) is 6.57. The van der Waals surface area contributed by atoms with E-state index in [1.165, 1.54) is 0 Å². The van der Waals surface area contributed by atoms with Crippen LogP contribution in [-0.4, -0.2) is 16.1 Å². The summed E-state index contributed by atoms with van der Waals surface area (Å²) in [6, 6.07) is 24.7. The molecule has 4 rings (SSSR count). The number of fused-ring (bicyclic) bond motifs is 2. The van der Waals surface area contributed by atoms with Crippen LogP contribution in [0.3, 0.4) is 0 Å². The van der Waals surface area contributed by atoms with E-state index in [0.29, 0.717) is 0 Å². The molecule has 0 fully saturated rings. The van der Waals surface area contributed by atoms with Crippen LogP contribution in [0.15, 0.2) is 77.7 Å². The second-order valence-electron chi connectivity index (χ2n) is 7.90. The fraction of sp³-hybridized carbons (Fsp3) is 0.200. The Labute approximate surface area is 168 Å². The summed E-state index contributed by atoms with van der Waals surface area (Å²) in [5.74, 6) is 0.794. The van der Waals surface area contributed by atoms with Crippen LogP contribution in [0.1, 0.15) is 20.8 Å². The van der Waals surface area contributed by atoms with Crippen molar-refractivity contribution < 1.29 is 8.95 Å². The second-order valence-corrected chi connectivity index (χ2v) is 10.1. The van der Waals surface area contributed by atoms with Crippen molar-refractivity contribution >= 4 is 32.3 Å². The van der Waals surface area contributed by atoms with Crippen molar-refractivity contribution in [2.75, 3.05) is 7.11 Å². The zero-order valence-electron chi connectivity index (χ0n) is 16.7. The molecule has 1 unspecified atom stereocenters. The van der Waals surface area contributed by atoms with Gasteiger partial charge in [0.25, 0.3) is 0 Å². The molecule has 142 valence electrons. The van der Waals surface area contributed by atoms with Crippen molar-refractivity contribution in [2.24, 2.45) is 0 Å². The molecule has 0 bridgehead atoms. The first-order valence-electron chi connectivity index (χ1n) is 9.41. The number of hydrogen-bond acceptors (Lipinski definition) is 2. The van der Waals surface area contributed by atoms with Gasteiger partial charge in [0.1, 0.15) is 5.75 Å². The first-order valence-corrected chi connectivity index (χ1v) is 10.6. The highest BCUT2D eigenvalue weighted by atomic mass is 32.2. The molecule has 0 aliphatic heterocycles. The molecule has 0 aromatic heterocycles. The lowest BCUT2D eigenvalue weighted by Gasteiger charge is -2.23. The molecule has 0 aliphatic rings. The van der Waals surface area contributed by atoms with Crippen molar-refractivity contribution in [1.29, 1.82) is 0 Å². The van der Waals surface area contributed by atoms with Gasteiger partial charge in [-0.1, -0.05) is 60.7 Å². The third kappa shape index (κ3) is 3.10. The van der Waals surface area contributed by atoms with Gasteiger partial charge in [0, 0.05) is 20.8 Å². The van der Waals surface area contributed by atoms with Gasteiger partial charge in [-0.2, -0.15) is 0 Å². The number of methoxy groups -OCH3 is 1. The van der Waals surface area contributed by atoms with E-state index in [9.17, 15) is 4.21 Å². The normalized spacial score (nSPS) is 13.0. The minimum atomic E-state index is -1.18. The maximum Gasteiger partial charge on any atom is 0.127 e. The molecule has 0 heterocycles. The zero-order chi connectivity index (χ0) is 19.9. The van der Waals surface area contributed by atoms with E-state index in [2.05, 4.69) is 36.4 Å². The minimum Gasteiger partial charge on any atom is -0.496 e. The van der Waals surface area contributed by atoms with Gasteiger partial charge >= 0.3 is 0 Å². The predicted molar refractivity (Wildman–Crippen MR) is 120 cm³/mol. The van der Waals surface area contributed by atoms with Crippen LogP contribution in [0.2, 0.25) is 0 Å². The van der Waals surface area contributed by atoms with Crippen LogP contribution in [-0.2, 0) is 10.8 Å². The van der Waals surface area contributed by atoms with Crippen molar-refractivity contribution in [3.63, 3.8) is 0 Å². The average molecular weight is 389 g/mol. The third-order valence-corrected chi connectivity index (χ3v) is 6.86. The van der Waals surface area contributed by atoms with Crippen molar-refractivity contribution in [2.45, 2.75) is 30.4 Å². The lowest BCUT2D eigenvalue weighted by atomic mass is 9.93. The standard InChI is InChI=1S/C25H24O2S/c1-25(2,3)28(26)22-16-14-18-10-6-8-12-20(18)24(22)23-19-11-7-5-9-17(19)13-15-21(23)27-4/h5-16H,1-4H3. The van der Waals surface area contributed by atoms with E-state index < -0.39 is 10.8 Å². The molecule has 2 nitrogen and oxygen atoms in total. The van der Waals surface area contributed by atoms with Crippen molar-refractivity contribution in [3.8, 4) is 16.9 Å². The summed E-state index contributed by atoms with van der Waals surface area (Å²) >= 11 is 0. The molecule has 1 atom stereocenters. The summed E-state index contributed by atoms with van der Waals surface area (Å²) in [5.41, 5.74) is 2.00. The monoisotopic (exact) mass is 388 g/mol. The molecule has 0 N–H and O–H groups in total. The maximum atomic E-state index is 13.5. The Morgan fingerprint density at radius 2 is 1.25 bits per heavy atom. The van der Waals surface area contributed by atoms with E-state index in [1.807, 2.05) is 57.2 Å². The van der Waals surface area contributed by atoms with Crippen LogP contribution in [0.5, 0.6) is 5.75 Å². The number of benzene rings is 4. The smallest absolute Gasteiger partial charge is 0.127 e. The largest absolute Gasteiger partial charge is 0.496 e. The summed E-state index contributed by atoms with van der Waals surface area (Å²) in [5, 5.41) is 4.46. The lowest BCUT2D eigenvalue weighted by Crippen LogP contribution is -2.22. The van der Waals surface area contributed by atoms with E-state index in [0.717, 1.165) is 43.3 Å². The van der Waals surface area contributed by atoms with Gasteiger partial charge in [-0.25, -0.2) is 0 Å². The minimum absolute atomic E-state index is 0.366. The fourth-order valence-corrected chi connectivity index (χ4v) is 4.92. The van der Waals surface area contributed by atoms with Gasteiger partial charge < -0.3 is 4.74 Å². The Hall–Kier alpha value is -2.65. The van der Waals surface area contributed by atoms with E-state index >= 15 is 0 Å². The lowest BCUT2D eigenvalue weighted by molar-refractivity contribution is 0.417. The highest BCUT2D eigenvalue weighted by molar-refractivity contribution is 7.86. The van der Waals surface area contributed by atoms with Gasteiger partial charge in [-0.15, -0.1) is 0 Å². The first-order chi connectivity index (χ1) is 13.4. The molecule has 28 heavy (non-hydrogen) atoms. The van der Waals surface area contributed by atoms with Gasteiger partial charge in [0.15, 0.2) is 0 Å². The molecule has 0 saturated heterocycles. The van der Waals surface area contributed by atoms with Crippen LogP contribution in [0.4, 0.5) is 0 Å². The first kappa shape index (κ1) is 18.7. The van der Waals surface area contributed by atoms with Crippen molar-refractivity contribution in [1.82, 2.24) is 0 Å². The van der Waals surface area contributed by atoms with Crippen LogP contribution in [0, 0.1) is 0 Å². The Morgan fingerprint density at radius 3 is 1.82 bits per heavy atom. The van der Waals surface area contributed by atoms with Crippen LogP contribution < -0.4 is 4.74 Å². The Kier molecular flexibility index (Phi) is 4.72. The molecule has 0 amide bonds. The van der Waals surface area contributed by atoms with Crippen LogP contribution in [0.25, 0.3) is 32.7 Å². The summed E-state index contributed by atoms with van der Waals surface area (Å²) in [6.45, 7) is 6.05. The Balaban J connectivity index is 2.20. The molecule has 0 aliphatic carbocycles. The van der Waals surface area contributed by atoms with E-state index in [4.69, 9.17) is 4.74 Å².